The fraction of sp³-hybridized carbons (Fsp3) is 0.375. The van der Waals surface area contributed by atoms with Crippen LogP contribution in [0.4, 0.5) is 5.69 Å². The summed E-state index contributed by atoms with van der Waals surface area (Å²) in [6, 6.07) is 8.22. The zero-order valence-electron chi connectivity index (χ0n) is 12.1. The van der Waals surface area contributed by atoms with Crippen LogP contribution in [0.15, 0.2) is 24.3 Å². The van der Waals surface area contributed by atoms with Crippen molar-refractivity contribution in [2.24, 2.45) is 0 Å². The molecule has 1 heterocycles. The standard InChI is InChI=1S/C16H18ClNO2S/c1-19-10-6-7-13(14(8-10)20-2)18-12-4-3-5-15-11(12)9-16(17)21-15/h6-9,12,18H,3-5H2,1-2H3. The zero-order valence-corrected chi connectivity index (χ0v) is 13.7. The molecule has 0 amide bonds. The van der Waals surface area contributed by atoms with Gasteiger partial charge in [-0.25, -0.2) is 0 Å². The topological polar surface area (TPSA) is 30.5 Å². The lowest BCUT2D eigenvalue weighted by molar-refractivity contribution is 0.395. The van der Waals surface area contributed by atoms with Gasteiger partial charge in [0.1, 0.15) is 11.5 Å². The smallest absolute Gasteiger partial charge is 0.145 e. The quantitative estimate of drug-likeness (QED) is 0.867. The zero-order chi connectivity index (χ0) is 14.8. The van der Waals surface area contributed by atoms with Gasteiger partial charge in [0.25, 0.3) is 0 Å². The molecule has 1 N–H and O–H groups in total. The molecule has 0 bridgehead atoms. The number of rotatable bonds is 4. The van der Waals surface area contributed by atoms with Crippen molar-refractivity contribution in [3.05, 3.63) is 39.0 Å². The molecular formula is C16H18ClNO2S. The van der Waals surface area contributed by atoms with Gasteiger partial charge in [-0.2, -0.15) is 0 Å². The van der Waals surface area contributed by atoms with E-state index in [2.05, 4.69) is 11.4 Å². The summed E-state index contributed by atoms with van der Waals surface area (Å²) in [5.41, 5.74) is 2.31. The van der Waals surface area contributed by atoms with Gasteiger partial charge < -0.3 is 14.8 Å². The number of hydrogen-bond donors (Lipinski definition) is 1. The molecule has 0 saturated carbocycles. The Labute approximate surface area is 133 Å². The summed E-state index contributed by atoms with van der Waals surface area (Å²) in [6.45, 7) is 0. The number of fused-ring (bicyclic) bond motifs is 1. The number of thiophene rings is 1. The average molecular weight is 324 g/mol. The molecule has 0 spiro atoms. The van der Waals surface area contributed by atoms with Gasteiger partial charge >= 0.3 is 0 Å². The second-order valence-electron chi connectivity index (χ2n) is 5.08. The van der Waals surface area contributed by atoms with E-state index in [9.17, 15) is 0 Å². The lowest BCUT2D eigenvalue weighted by Crippen LogP contribution is -2.16. The van der Waals surface area contributed by atoms with Crippen LogP contribution >= 0.6 is 22.9 Å². The van der Waals surface area contributed by atoms with Crippen LogP contribution in [0.2, 0.25) is 4.34 Å². The minimum absolute atomic E-state index is 0.291. The number of halogens is 1. The van der Waals surface area contributed by atoms with Crippen LogP contribution in [0.5, 0.6) is 11.5 Å². The highest BCUT2D eigenvalue weighted by molar-refractivity contribution is 7.16. The van der Waals surface area contributed by atoms with Gasteiger partial charge in [0, 0.05) is 10.9 Å². The van der Waals surface area contributed by atoms with E-state index in [1.54, 1.807) is 25.6 Å². The van der Waals surface area contributed by atoms with Gasteiger partial charge in [0.05, 0.1) is 30.3 Å². The molecule has 5 heteroatoms. The highest BCUT2D eigenvalue weighted by Crippen LogP contribution is 2.41. The van der Waals surface area contributed by atoms with Crippen molar-refractivity contribution in [1.29, 1.82) is 0 Å². The van der Waals surface area contributed by atoms with Gasteiger partial charge in [-0.1, -0.05) is 11.6 Å². The number of methoxy groups -OCH3 is 2. The molecule has 1 aliphatic carbocycles. The fourth-order valence-corrected chi connectivity index (χ4v) is 4.16. The van der Waals surface area contributed by atoms with Crippen molar-refractivity contribution in [3.63, 3.8) is 0 Å². The first-order valence-electron chi connectivity index (χ1n) is 6.98. The second kappa shape index (κ2) is 6.16. The molecule has 1 aromatic carbocycles. The Bertz CT molecular complexity index is 641. The maximum absolute atomic E-state index is 6.17. The van der Waals surface area contributed by atoms with E-state index < -0.39 is 0 Å². The van der Waals surface area contributed by atoms with Gasteiger partial charge in [0.2, 0.25) is 0 Å². The third-order valence-electron chi connectivity index (χ3n) is 3.82. The first-order chi connectivity index (χ1) is 10.2. The number of anilines is 1. The van der Waals surface area contributed by atoms with Crippen molar-refractivity contribution in [2.45, 2.75) is 25.3 Å². The largest absolute Gasteiger partial charge is 0.497 e. The van der Waals surface area contributed by atoms with Crippen molar-refractivity contribution < 1.29 is 9.47 Å². The van der Waals surface area contributed by atoms with E-state index in [1.807, 2.05) is 18.2 Å². The first kappa shape index (κ1) is 14.5. The maximum Gasteiger partial charge on any atom is 0.145 e. The summed E-state index contributed by atoms with van der Waals surface area (Å²) in [7, 11) is 3.33. The molecule has 112 valence electrons. The van der Waals surface area contributed by atoms with E-state index in [4.69, 9.17) is 21.1 Å². The van der Waals surface area contributed by atoms with Crippen LogP contribution in [0.1, 0.15) is 29.3 Å². The molecule has 0 saturated heterocycles. The first-order valence-corrected chi connectivity index (χ1v) is 8.17. The number of ether oxygens (including phenoxy) is 2. The molecule has 3 rings (SSSR count). The molecule has 2 aromatic rings. The van der Waals surface area contributed by atoms with Gasteiger partial charge in [-0.3, -0.25) is 0 Å². The lowest BCUT2D eigenvalue weighted by atomic mass is 9.94. The highest BCUT2D eigenvalue weighted by atomic mass is 35.5. The molecule has 0 aliphatic heterocycles. The minimum Gasteiger partial charge on any atom is -0.497 e. The number of aryl methyl sites for hydroxylation is 1. The Morgan fingerprint density at radius 1 is 1.24 bits per heavy atom. The number of nitrogens with one attached hydrogen (secondary N) is 1. The number of benzene rings is 1. The third-order valence-corrected chi connectivity index (χ3v) is 5.16. The minimum atomic E-state index is 0.291. The average Bonchev–Trinajstić information content (AvgIpc) is 2.89. The molecule has 1 aliphatic rings. The van der Waals surface area contributed by atoms with Crippen molar-refractivity contribution in [1.82, 2.24) is 0 Å². The lowest BCUT2D eigenvalue weighted by Gasteiger charge is -2.25. The Hall–Kier alpha value is -1.39. The van der Waals surface area contributed by atoms with Gasteiger partial charge in [0.15, 0.2) is 0 Å². The van der Waals surface area contributed by atoms with Crippen LogP contribution in [0, 0.1) is 0 Å². The molecule has 3 nitrogen and oxygen atoms in total. The summed E-state index contributed by atoms with van der Waals surface area (Å²) < 4.78 is 11.6. The van der Waals surface area contributed by atoms with E-state index in [0.717, 1.165) is 34.4 Å². The van der Waals surface area contributed by atoms with Crippen molar-refractivity contribution >= 4 is 28.6 Å². The molecular weight excluding hydrogens is 306 g/mol. The van der Waals surface area contributed by atoms with Crippen LogP contribution in [0.3, 0.4) is 0 Å². The molecule has 0 fully saturated rings. The molecule has 1 unspecified atom stereocenters. The second-order valence-corrected chi connectivity index (χ2v) is 6.85. The third kappa shape index (κ3) is 2.97. The fourth-order valence-electron chi connectivity index (χ4n) is 2.78. The Morgan fingerprint density at radius 3 is 2.86 bits per heavy atom. The molecule has 1 atom stereocenters. The normalized spacial score (nSPS) is 17.2. The van der Waals surface area contributed by atoms with Crippen LogP contribution in [0.25, 0.3) is 0 Å². The molecule has 21 heavy (non-hydrogen) atoms. The summed E-state index contributed by atoms with van der Waals surface area (Å²) in [4.78, 5) is 1.40. The van der Waals surface area contributed by atoms with Crippen molar-refractivity contribution in [3.8, 4) is 11.5 Å². The summed E-state index contributed by atoms with van der Waals surface area (Å²) in [5.74, 6) is 1.59. The maximum atomic E-state index is 6.17. The van der Waals surface area contributed by atoms with Gasteiger partial charge in [-0.15, -0.1) is 11.3 Å². The van der Waals surface area contributed by atoms with E-state index in [-0.39, 0.29) is 0 Å². The monoisotopic (exact) mass is 323 g/mol. The van der Waals surface area contributed by atoms with Crippen LogP contribution in [-0.4, -0.2) is 14.2 Å². The predicted octanol–water partition coefficient (Wildman–Crippen LogP) is 4.91. The SMILES string of the molecule is COc1ccc(NC2CCCc3sc(Cl)cc32)c(OC)c1. The van der Waals surface area contributed by atoms with E-state index in [0.29, 0.717) is 6.04 Å². The van der Waals surface area contributed by atoms with E-state index in [1.165, 1.54) is 16.9 Å². The number of hydrogen-bond acceptors (Lipinski definition) is 4. The van der Waals surface area contributed by atoms with Crippen LogP contribution < -0.4 is 14.8 Å². The Balaban J connectivity index is 1.87. The Morgan fingerprint density at radius 2 is 2.10 bits per heavy atom. The predicted molar refractivity (Wildman–Crippen MR) is 88.2 cm³/mol. The highest BCUT2D eigenvalue weighted by Gasteiger charge is 2.23. The van der Waals surface area contributed by atoms with E-state index >= 15 is 0 Å². The summed E-state index contributed by atoms with van der Waals surface area (Å²) in [6.07, 6.45) is 3.42. The van der Waals surface area contributed by atoms with Crippen LogP contribution in [-0.2, 0) is 6.42 Å². The molecule has 0 radical (unpaired) electrons. The van der Waals surface area contributed by atoms with Crippen molar-refractivity contribution in [2.75, 3.05) is 19.5 Å². The Kier molecular flexibility index (Phi) is 4.27. The molecule has 1 aromatic heterocycles. The van der Waals surface area contributed by atoms with Gasteiger partial charge in [-0.05, 0) is 43.0 Å². The summed E-state index contributed by atoms with van der Waals surface area (Å²) in [5, 5.41) is 3.59. The summed E-state index contributed by atoms with van der Waals surface area (Å²) >= 11 is 7.86.